The van der Waals surface area contributed by atoms with Gasteiger partial charge in [-0.25, -0.2) is 14.4 Å². The van der Waals surface area contributed by atoms with Gasteiger partial charge in [0.15, 0.2) is 5.57 Å². The fraction of sp³-hybridized carbons (Fsp3) is 0.267. The van der Waals surface area contributed by atoms with Gasteiger partial charge in [0.1, 0.15) is 0 Å². The third-order valence-electron chi connectivity index (χ3n) is 3.01. The number of aromatic carboxylic acids is 1. The largest absolute Gasteiger partial charge is 0.478 e. The first-order valence-electron chi connectivity index (χ1n) is 6.57. The second-order valence-electron chi connectivity index (χ2n) is 5.33. The molecule has 23 heavy (non-hydrogen) atoms. The van der Waals surface area contributed by atoms with Crippen LogP contribution in [-0.2, 0) is 19.1 Å². The zero-order valence-corrected chi connectivity index (χ0v) is 14.8. The number of benzene rings is 1. The fourth-order valence-corrected chi connectivity index (χ4v) is 2.80. The number of carbonyl (C=O) groups excluding carboxylic acids is 2. The average Bonchev–Trinajstić information content (AvgIpc) is 2.37. The summed E-state index contributed by atoms with van der Waals surface area (Å²) < 4.78 is 10.7. The van der Waals surface area contributed by atoms with E-state index < -0.39 is 23.7 Å². The molecule has 1 heterocycles. The van der Waals surface area contributed by atoms with Crippen molar-refractivity contribution in [3.8, 4) is 0 Å². The van der Waals surface area contributed by atoms with Crippen LogP contribution in [0.3, 0.4) is 0 Å². The van der Waals surface area contributed by atoms with E-state index in [1.54, 1.807) is 13.0 Å². The minimum absolute atomic E-state index is 0.0316. The smallest absolute Gasteiger partial charge is 0.350 e. The van der Waals surface area contributed by atoms with Crippen molar-refractivity contribution in [1.29, 1.82) is 0 Å². The molecular formula is C15H14INO6. The van der Waals surface area contributed by atoms with E-state index in [2.05, 4.69) is 5.32 Å². The summed E-state index contributed by atoms with van der Waals surface area (Å²) in [6.45, 7) is 4.60. The summed E-state index contributed by atoms with van der Waals surface area (Å²) in [7, 11) is 0. The summed E-state index contributed by atoms with van der Waals surface area (Å²) in [5.41, 5.74) is 0.641. The van der Waals surface area contributed by atoms with Crippen LogP contribution < -0.4 is 5.32 Å². The third kappa shape index (κ3) is 3.81. The van der Waals surface area contributed by atoms with Crippen LogP contribution in [0.15, 0.2) is 23.9 Å². The Morgan fingerprint density at radius 3 is 2.35 bits per heavy atom. The lowest BCUT2D eigenvalue weighted by Gasteiger charge is -2.29. The summed E-state index contributed by atoms with van der Waals surface area (Å²) in [5.74, 6) is -4.11. The maximum atomic E-state index is 11.9. The number of ether oxygens (including phenoxy) is 2. The number of aryl methyl sites for hydroxylation is 1. The van der Waals surface area contributed by atoms with Gasteiger partial charge in [-0.05, 0) is 47.2 Å². The molecule has 0 aliphatic carbocycles. The van der Waals surface area contributed by atoms with E-state index in [-0.39, 0.29) is 16.8 Å². The van der Waals surface area contributed by atoms with Crippen LogP contribution in [0.4, 0.5) is 5.69 Å². The molecule has 1 aromatic carbocycles. The van der Waals surface area contributed by atoms with Crippen molar-refractivity contribution in [2.45, 2.75) is 26.6 Å². The van der Waals surface area contributed by atoms with Crippen molar-refractivity contribution < 1.29 is 29.0 Å². The highest BCUT2D eigenvalue weighted by Gasteiger charge is 2.39. The Labute approximate surface area is 145 Å². The maximum Gasteiger partial charge on any atom is 0.350 e. The van der Waals surface area contributed by atoms with E-state index in [0.29, 0.717) is 5.56 Å². The van der Waals surface area contributed by atoms with Gasteiger partial charge in [-0.2, -0.15) is 0 Å². The summed E-state index contributed by atoms with van der Waals surface area (Å²) in [4.78, 5) is 35.0. The van der Waals surface area contributed by atoms with Crippen LogP contribution in [0.2, 0.25) is 0 Å². The Morgan fingerprint density at radius 2 is 1.83 bits per heavy atom. The highest BCUT2D eigenvalue weighted by Crippen LogP contribution is 2.26. The number of halogens is 1. The Hall–Kier alpha value is -2.10. The van der Waals surface area contributed by atoms with E-state index in [1.807, 2.05) is 22.6 Å². The summed E-state index contributed by atoms with van der Waals surface area (Å²) in [5, 5.41) is 12.0. The van der Waals surface area contributed by atoms with Crippen LogP contribution in [-0.4, -0.2) is 28.8 Å². The molecule has 2 rings (SSSR count). The molecule has 1 saturated heterocycles. The molecule has 0 amide bonds. The van der Waals surface area contributed by atoms with Crippen LogP contribution in [0.25, 0.3) is 0 Å². The predicted molar refractivity (Wildman–Crippen MR) is 88.8 cm³/mol. The van der Waals surface area contributed by atoms with Crippen molar-refractivity contribution in [2.24, 2.45) is 0 Å². The Balaban J connectivity index is 2.35. The molecule has 7 nitrogen and oxygen atoms in total. The van der Waals surface area contributed by atoms with Gasteiger partial charge in [0.25, 0.3) is 5.79 Å². The van der Waals surface area contributed by atoms with Gasteiger partial charge >= 0.3 is 17.9 Å². The van der Waals surface area contributed by atoms with Crippen molar-refractivity contribution in [1.82, 2.24) is 0 Å². The monoisotopic (exact) mass is 431 g/mol. The molecular weight excluding hydrogens is 417 g/mol. The third-order valence-corrected chi connectivity index (χ3v) is 3.63. The van der Waals surface area contributed by atoms with Gasteiger partial charge in [0, 0.05) is 23.6 Å². The van der Waals surface area contributed by atoms with E-state index in [1.165, 1.54) is 19.9 Å². The summed E-state index contributed by atoms with van der Waals surface area (Å²) >= 11 is 2.01. The number of hydrogen-bond acceptors (Lipinski definition) is 6. The number of carboxylic acids is 1. The second-order valence-corrected chi connectivity index (χ2v) is 6.58. The van der Waals surface area contributed by atoms with E-state index >= 15 is 0 Å². The molecule has 0 spiro atoms. The molecule has 122 valence electrons. The Morgan fingerprint density at radius 1 is 1.26 bits per heavy atom. The Kier molecular flexibility index (Phi) is 4.64. The number of hydrogen-bond donors (Lipinski definition) is 2. The molecule has 0 bridgehead atoms. The normalized spacial score (nSPS) is 16.4. The molecule has 0 unspecified atom stereocenters. The fourth-order valence-electron chi connectivity index (χ4n) is 2.03. The molecule has 8 heteroatoms. The number of esters is 2. The van der Waals surface area contributed by atoms with Gasteiger partial charge in [-0.15, -0.1) is 0 Å². The lowest BCUT2D eigenvalue weighted by Crippen LogP contribution is -2.42. The average molecular weight is 431 g/mol. The van der Waals surface area contributed by atoms with Crippen molar-refractivity contribution in [3.05, 3.63) is 38.6 Å². The number of anilines is 1. The lowest BCUT2D eigenvalue weighted by molar-refractivity contribution is -0.222. The van der Waals surface area contributed by atoms with E-state index in [0.717, 1.165) is 9.77 Å². The predicted octanol–water partition coefficient (Wildman–Crippen LogP) is 2.43. The minimum Gasteiger partial charge on any atom is -0.478 e. The van der Waals surface area contributed by atoms with E-state index in [4.69, 9.17) is 9.47 Å². The van der Waals surface area contributed by atoms with Crippen LogP contribution >= 0.6 is 22.6 Å². The van der Waals surface area contributed by atoms with Gasteiger partial charge < -0.3 is 19.9 Å². The minimum atomic E-state index is -1.32. The molecule has 0 radical (unpaired) electrons. The number of carboxylic acid groups (broad SMARTS) is 1. The first kappa shape index (κ1) is 17.3. The standard InChI is InChI=1S/C15H14INO6/c1-7-4-8(16)5-9(12(18)19)11(7)17-6-10-13(20)22-15(2,3)23-14(10)21/h4-6,17H,1-3H3,(H,18,19). The molecule has 1 fully saturated rings. The molecule has 0 aromatic heterocycles. The van der Waals surface area contributed by atoms with Crippen molar-refractivity contribution in [3.63, 3.8) is 0 Å². The Bertz CT molecular complexity index is 716. The second kappa shape index (κ2) is 6.19. The van der Waals surface area contributed by atoms with Crippen molar-refractivity contribution >= 4 is 46.2 Å². The number of cyclic esters (lactones) is 2. The number of nitrogens with one attached hydrogen (secondary N) is 1. The lowest BCUT2D eigenvalue weighted by atomic mass is 10.1. The highest BCUT2D eigenvalue weighted by molar-refractivity contribution is 14.1. The maximum absolute atomic E-state index is 11.9. The molecule has 0 saturated carbocycles. The van der Waals surface area contributed by atoms with Gasteiger partial charge in [0.05, 0.1) is 11.3 Å². The zero-order valence-electron chi connectivity index (χ0n) is 12.6. The van der Waals surface area contributed by atoms with Gasteiger partial charge in [-0.3, -0.25) is 0 Å². The first-order valence-corrected chi connectivity index (χ1v) is 7.65. The molecule has 1 aliphatic heterocycles. The first-order chi connectivity index (χ1) is 10.6. The number of rotatable bonds is 3. The highest BCUT2D eigenvalue weighted by atomic mass is 127. The van der Waals surface area contributed by atoms with Crippen LogP contribution in [0, 0.1) is 10.5 Å². The van der Waals surface area contributed by atoms with Crippen molar-refractivity contribution in [2.75, 3.05) is 5.32 Å². The van der Waals surface area contributed by atoms with Crippen LogP contribution in [0.5, 0.6) is 0 Å². The van der Waals surface area contributed by atoms with Gasteiger partial charge in [0.2, 0.25) is 0 Å². The van der Waals surface area contributed by atoms with Crippen LogP contribution in [0.1, 0.15) is 29.8 Å². The van der Waals surface area contributed by atoms with E-state index in [9.17, 15) is 19.5 Å². The molecule has 0 atom stereocenters. The molecule has 2 N–H and O–H groups in total. The molecule has 1 aliphatic rings. The topological polar surface area (TPSA) is 102 Å². The number of carbonyl (C=O) groups is 3. The zero-order chi connectivity index (χ0) is 17.4. The molecule has 1 aromatic rings. The SMILES string of the molecule is Cc1cc(I)cc(C(=O)O)c1NC=C1C(=O)OC(C)(C)OC1=O. The summed E-state index contributed by atoms with van der Waals surface area (Å²) in [6.07, 6.45) is 1.10. The summed E-state index contributed by atoms with van der Waals surface area (Å²) in [6, 6.07) is 3.26. The quantitative estimate of drug-likeness (QED) is 0.328. The van der Waals surface area contributed by atoms with Gasteiger partial charge in [-0.1, -0.05) is 0 Å².